The molecule has 1 aliphatic heterocycles. The Morgan fingerprint density at radius 3 is 2.79 bits per heavy atom. The molecular formula is C21H23N2O5. The van der Waals surface area contributed by atoms with Gasteiger partial charge in [-0.05, 0) is 42.7 Å². The highest BCUT2D eigenvalue weighted by Crippen LogP contribution is 2.42. The van der Waals surface area contributed by atoms with Gasteiger partial charge in [0.25, 0.3) is 5.91 Å². The Labute approximate surface area is 163 Å². The number of primary amides is 1. The highest BCUT2D eigenvalue weighted by atomic mass is 16.5. The molecule has 0 bridgehead atoms. The Kier molecular flexibility index (Phi) is 5.84. The lowest BCUT2D eigenvalue weighted by molar-refractivity contribution is -0.123. The maximum Gasteiger partial charge on any atom is 0.256 e. The number of carbonyl (C=O) groups is 2. The summed E-state index contributed by atoms with van der Waals surface area (Å²) in [5, 5.41) is 9.64. The van der Waals surface area contributed by atoms with E-state index in [0.29, 0.717) is 34.8 Å². The quantitative estimate of drug-likeness (QED) is 0.726. The molecule has 2 aromatic carbocycles. The largest absolute Gasteiger partial charge is 0.493 e. The minimum Gasteiger partial charge on any atom is -0.493 e. The molecule has 3 rings (SSSR count). The SMILES string of the molecule is CCOc1cc(C(CCO)N2C(=O)c3[c]cccc3C2C(N)=O)ccc1OC. The molecule has 0 aliphatic carbocycles. The zero-order valence-electron chi connectivity index (χ0n) is 15.8. The summed E-state index contributed by atoms with van der Waals surface area (Å²) in [6.45, 7) is 2.13. The maximum absolute atomic E-state index is 13.1. The lowest BCUT2D eigenvalue weighted by atomic mass is 9.99. The van der Waals surface area contributed by atoms with E-state index in [-0.39, 0.29) is 18.9 Å². The fourth-order valence-corrected chi connectivity index (χ4v) is 3.63. The number of methoxy groups -OCH3 is 1. The van der Waals surface area contributed by atoms with Crippen molar-refractivity contribution in [3.8, 4) is 11.5 Å². The monoisotopic (exact) mass is 383 g/mol. The molecule has 0 fully saturated rings. The third kappa shape index (κ3) is 3.41. The van der Waals surface area contributed by atoms with E-state index in [9.17, 15) is 14.7 Å². The van der Waals surface area contributed by atoms with Crippen LogP contribution in [0.2, 0.25) is 0 Å². The molecule has 2 aromatic rings. The van der Waals surface area contributed by atoms with Crippen LogP contribution in [0.3, 0.4) is 0 Å². The second kappa shape index (κ2) is 8.31. The molecule has 3 N–H and O–H groups in total. The van der Waals surface area contributed by atoms with Crippen LogP contribution in [0.1, 0.15) is 46.9 Å². The number of ether oxygens (including phenoxy) is 2. The minimum atomic E-state index is -0.922. The Hall–Kier alpha value is -3.06. The molecule has 0 aromatic heterocycles. The number of benzene rings is 2. The summed E-state index contributed by atoms with van der Waals surface area (Å²) in [7, 11) is 1.54. The van der Waals surface area contributed by atoms with E-state index in [1.54, 1.807) is 43.5 Å². The van der Waals surface area contributed by atoms with Gasteiger partial charge in [-0.3, -0.25) is 9.59 Å². The fraction of sp³-hybridized carbons (Fsp3) is 0.333. The van der Waals surface area contributed by atoms with Crippen LogP contribution in [-0.4, -0.2) is 42.1 Å². The second-order valence-corrected chi connectivity index (χ2v) is 6.39. The maximum atomic E-state index is 13.1. The zero-order valence-corrected chi connectivity index (χ0v) is 15.8. The molecule has 0 spiro atoms. The zero-order chi connectivity index (χ0) is 20.3. The first-order valence-corrected chi connectivity index (χ1v) is 9.07. The standard InChI is InChI=1S/C21H23N2O5/c1-3-28-18-12-13(8-9-17(18)27-2)16(10-11-24)23-19(20(22)25)14-6-4-5-7-15(14)21(23)26/h4-6,8-9,12,16,19,24H,3,10-11H2,1-2H3,(H2,22,25). The van der Waals surface area contributed by atoms with Crippen LogP contribution >= 0.6 is 0 Å². The van der Waals surface area contributed by atoms with Gasteiger partial charge in [0.1, 0.15) is 6.04 Å². The first kappa shape index (κ1) is 19.7. The summed E-state index contributed by atoms with van der Waals surface area (Å²) in [5.74, 6) is 0.112. The number of aliphatic hydroxyl groups is 1. The van der Waals surface area contributed by atoms with Crippen LogP contribution in [0, 0.1) is 6.07 Å². The number of hydrogen-bond donors (Lipinski definition) is 2. The Morgan fingerprint density at radius 2 is 2.14 bits per heavy atom. The highest BCUT2D eigenvalue weighted by molar-refractivity contribution is 6.04. The topological polar surface area (TPSA) is 102 Å². The lowest BCUT2D eigenvalue weighted by Gasteiger charge is -2.32. The van der Waals surface area contributed by atoms with Crippen LogP contribution in [0.25, 0.3) is 0 Å². The summed E-state index contributed by atoms with van der Waals surface area (Å²) < 4.78 is 10.9. The van der Waals surface area contributed by atoms with Crippen LogP contribution in [0.5, 0.6) is 11.5 Å². The number of nitrogens with two attached hydrogens (primary N) is 1. The number of hydrogen-bond acceptors (Lipinski definition) is 5. The summed E-state index contributed by atoms with van der Waals surface area (Å²) in [4.78, 5) is 26.7. The third-order valence-electron chi connectivity index (χ3n) is 4.79. The predicted octanol–water partition coefficient (Wildman–Crippen LogP) is 2.00. The molecule has 2 atom stereocenters. The summed E-state index contributed by atoms with van der Waals surface area (Å²) in [6, 6.07) is 11.8. The van der Waals surface area contributed by atoms with E-state index < -0.39 is 18.0 Å². The number of fused-ring (bicyclic) bond motifs is 1. The molecule has 7 nitrogen and oxygen atoms in total. The summed E-state index contributed by atoms with van der Waals surface area (Å²) in [5.41, 5.74) is 7.22. The summed E-state index contributed by atoms with van der Waals surface area (Å²) in [6.07, 6.45) is 0.238. The molecule has 0 saturated carbocycles. The molecule has 147 valence electrons. The Morgan fingerprint density at radius 1 is 1.36 bits per heavy atom. The van der Waals surface area contributed by atoms with Crippen LogP contribution in [0.15, 0.2) is 36.4 Å². The molecule has 1 radical (unpaired) electrons. The van der Waals surface area contributed by atoms with E-state index in [2.05, 4.69) is 6.07 Å². The molecule has 1 heterocycles. The molecule has 0 saturated heterocycles. The minimum absolute atomic E-state index is 0.171. The van der Waals surface area contributed by atoms with Gasteiger partial charge in [0.2, 0.25) is 5.91 Å². The van der Waals surface area contributed by atoms with Crippen LogP contribution in [0.4, 0.5) is 0 Å². The van der Waals surface area contributed by atoms with Gasteiger partial charge >= 0.3 is 0 Å². The van der Waals surface area contributed by atoms with Gasteiger partial charge < -0.3 is 25.2 Å². The average Bonchev–Trinajstić information content (AvgIpc) is 2.99. The molecule has 2 amide bonds. The van der Waals surface area contributed by atoms with Gasteiger partial charge in [0.15, 0.2) is 11.5 Å². The Balaban J connectivity index is 2.08. The summed E-state index contributed by atoms with van der Waals surface area (Å²) >= 11 is 0. The van der Waals surface area contributed by atoms with Gasteiger partial charge in [-0.1, -0.05) is 24.3 Å². The number of nitrogens with zero attached hydrogens (tertiary/aromatic N) is 1. The van der Waals surface area contributed by atoms with E-state index in [1.165, 1.54) is 4.90 Å². The molecule has 28 heavy (non-hydrogen) atoms. The van der Waals surface area contributed by atoms with Crippen molar-refractivity contribution in [2.24, 2.45) is 5.73 Å². The smallest absolute Gasteiger partial charge is 0.256 e. The first-order valence-electron chi connectivity index (χ1n) is 9.07. The van der Waals surface area contributed by atoms with Crippen molar-refractivity contribution in [2.45, 2.75) is 25.4 Å². The van der Waals surface area contributed by atoms with Gasteiger partial charge in [0, 0.05) is 6.61 Å². The number of carbonyl (C=O) groups excluding carboxylic acids is 2. The normalized spacial score (nSPS) is 16.6. The second-order valence-electron chi connectivity index (χ2n) is 6.39. The van der Waals surface area contributed by atoms with Crippen molar-refractivity contribution in [2.75, 3.05) is 20.3 Å². The van der Waals surface area contributed by atoms with E-state index in [1.807, 2.05) is 6.92 Å². The molecular weight excluding hydrogens is 360 g/mol. The van der Waals surface area contributed by atoms with Gasteiger partial charge in [-0.2, -0.15) is 0 Å². The number of rotatable bonds is 8. The van der Waals surface area contributed by atoms with Crippen molar-refractivity contribution in [3.63, 3.8) is 0 Å². The number of aliphatic hydroxyl groups excluding tert-OH is 1. The highest BCUT2D eigenvalue weighted by Gasteiger charge is 2.44. The molecule has 1 aliphatic rings. The van der Waals surface area contributed by atoms with Crippen LogP contribution < -0.4 is 15.2 Å². The first-order chi connectivity index (χ1) is 13.5. The van der Waals surface area contributed by atoms with Crippen molar-refractivity contribution < 1.29 is 24.2 Å². The molecule has 7 heteroatoms. The predicted molar refractivity (Wildman–Crippen MR) is 102 cm³/mol. The van der Waals surface area contributed by atoms with Crippen molar-refractivity contribution in [1.29, 1.82) is 0 Å². The number of amides is 2. The average molecular weight is 383 g/mol. The van der Waals surface area contributed by atoms with Gasteiger partial charge in [-0.25, -0.2) is 0 Å². The van der Waals surface area contributed by atoms with Crippen molar-refractivity contribution >= 4 is 11.8 Å². The lowest BCUT2D eigenvalue weighted by Crippen LogP contribution is -2.39. The van der Waals surface area contributed by atoms with Crippen molar-refractivity contribution in [1.82, 2.24) is 4.90 Å². The van der Waals surface area contributed by atoms with Crippen molar-refractivity contribution in [3.05, 3.63) is 59.2 Å². The van der Waals surface area contributed by atoms with Gasteiger partial charge in [-0.15, -0.1) is 0 Å². The fourth-order valence-electron chi connectivity index (χ4n) is 3.63. The van der Waals surface area contributed by atoms with Gasteiger partial charge in [0.05, 0.1) is 25.3 Å². The van der Waals surface area contributed by atoms with E-state index in [4.69, 9.17) is 15.2 Å². The van der Waals surface area contributed by atoms with Crippen LogP contribution in [-0.2, 0) is 4.79 Å². The molecule has 2 unspecified atom stereocenters. The Bertz CT molecular complexity index is 883. The third-order valence-corrected chi connectivity index (χ3v) is 4.79. The van der Waals surface area contributed by atoms with E-state index >= 15 is 0 Å². The van der Waals surface area contributed by atoms with E-state index in [0.717, 1.165) is 0 Å².